The first-order valence-electron chi connectivity index (χ1n) is 9.22. The Hall–Kier alpha value is -0.320. The Bertz CT molecular complexity index is 652. The van der Waals surface area contributed by atoms with E-state index in [4.69, 9.17) is 23.2 Å². The second-order valence-electron chi connectivity index (χ2n) is 8.06. The maximum Gasteiger partial charge on any atom is 0.157 e. The monoisotopic (exact) mass is 418 g/mol. The van der Waals surface area contributed by atoms with Gasteiger partial charge in [-0.1, -0.05) is 42.1 Å². The number of nitrogens with zero attached hydrogens (tertiary/aromatic N) is 1. The number of hydrogen-bond donors (Lipinski definition) is 1. The quantitative estimate of drug-likeness (QED) is 0.747. The van der Waals surface area contributed by atoms with Crippen molar-refractivity contribution in [2.24, 2.45) is 11.8 Å². The van der Waals surface area contributed by atoms with Gasteiger partial charge in [0.2, 0.25) is 0 Å². The summed E-state index contributed by atoms with van der Waals surface area (Å²) >= 11 is 12.1. The Morgan fingerprint density at radius 3 is 2.58 bits per heavy atom. The van der Waals surface area contributed by atoms with Gasteiger partial charge in [-0.15, -0.1) is 12.4 Å². The first-order valence-corrected chi connectivity index (χ1v) is 9.98. The minimum atomic E-state index is -0.482. The van der Waals surface area contributed by atoms with E-state index in [1.165, 1.54) is 19.3 Å². The maximum atomic E-state index is 13.4. The molecule has 6 heteroatoms. The van der Waals surface area contributed by atoms with Crippen molar-refractivity contribution in [1.82, 2.24) is 10.2 Å². The zero-order valence-electron chi connectivity index (χ0n) is 15.7. The van der Waals surface area contributed by atoms with Crippen LogP contribution in [0.25, 0.3) is 0 Å². The van der Waals surface area contributed by atoms with Crippen molar-refractivity contribution >= 4 is 41.4 Å². The predicted molar refractivity (Wildman–Crippen MR) is 112 cm³/mol. The molecule has 1 aliphatic carbocycles. The SMILES string of the molecule is CN(C)C1CC2CCCCC2C(C)(C(=O)Cc2ccc(Cl)c(Cl)c2)N1.Cl. The molecule has 0 bridgehead atoms. The van der Waals surface area contributed by atoms with Crippen LogP contribution in [0.3, 0.4) is 0 Å². The smallest absolute Gasteiger partial charge is 0.157 e. The van der Waals surface area contributed by atoms with Crippen molar-refractivity contribution in [1.29, 1.82) is 0 Å². The molecule has 2 fully saturated rings. The molecule has 1 N–H and O–H groups in total. The Labute approximate surface area is 173 Å². The van der Waals surface area contributed by atoms with Crippen LogP contribution in [0, 0.1) is 11.8 Å². The fourth-order valence-corrected chi connectivity index (χ4v) is 5.02. The van der Waals surface area contributed by atoms with Crippen LogP contribution in [0.4, 0.5) is 0 Å². The fourth-order valence-electron chi connectivity index (χ4n) is 4.69. The van der Waals surface area contributed by atoms with Crippen LogP contribution >= 0.6 is 35.6 Å². The zero-order valence-corrected chi connectivity index (χ0v) is 18.1. The van der Waals surface area contributed by atoms with E-state index in [0.717, 1.165) is 18.4 Å². The Morgan fingerprint density at radius 1 is 1.23 bits per heavy atom. The number of carbonyl (C=O) groups is 1. The summed E-state index contributed by atoms with van der Waals surface area (Å²) in [6.45, 7) is 2.12. The van der Waals surface area contributed by atoms with E-state index < -0.39 is 5.54 Å². The molecule has 1 aromatic carbocycles. The number of carbonyl (C=O) groups excluding carboxylic acids is 1. The lowest BCUT2D eigenvalue weighted by atomic mass is 9.63. The highest BCUT2D eigenvalue weighted by Crippen LogP contribution is 2.44. The molecule has 1 saturated heterocycles. The number of rotatable bonds is 4. The van der Waals surface area contributed by atoms with Crippen molar-refractivity contribution in [3.63, 3.8) is 0 Å². The molecule has 0 radical (unpaired) electrons. The molecule has 0 aromatic heterocycles. The van der Waals surface area contributed by atoms with E-state index in [9.17, 15) is 4.79 Å². The van der Waals surface area contributed by atoms with Gasteiger partial charge in [0, 0.05) is 6.42 Å². The third kappa shape index (κ3) is 4.39. The molecule has 1 aliphatic heterocycles. The summed E-state index contributed by atoms with van der Waals surface area (Å²) in [5.41, 5.74) is 0.450. The van der Waals surface area contributed by atoms with Crippen LogP contribution in [-0.2, 0) is 11.2 Å². The van der Waals surface area contributed by atoms with Crippen LogP contribution in [0.15, 0.2) is 18.2 Å². The minimum absolute atomic E-state index is 0. The molecule has 1 aromatic rings. The van der Waals surface area contributed by atoms with Crippen molar-refractivity contribution in [2.45, 2.75) is 57.2 Å². The number of benzene rings is 1. The first-order chi connectivity index (χ1) is 11.8. The molecule has 1 saturated carbocycles. The molecule has 26 heavy (non-hydrogen) atoms. The first kappa shape index (κ1) is 22.0. The minimum Gasteiger partial charge on any atom is -0.297 e. The van der Waals surface area contributed by atoms with Crippen LogP contribution in [0.1, 0.15) is 44.6 Å². The lowest BCUT2D eigenvalue weighted by Crippen LogP contribution is -2.67. The summed E-state index contributed by atoms with van der Waals surface area (Å²) < 4.78 is 0. The number of hydrogen-bond acceptors (Lipinski definition) is 3. The molecule has 1 heterocycles. The standard InChI is InChI=1S/C20H28Cl2N2O.ClH/c1-20(18(25)11-13-8-9-16(21)17(22)10-13)15-7-5-4-6-14(15)12-19(23-20)24(2)3;/h8-10,14-15,19,23H,4-7,11-12H2,1-3H3;1H. The average molecular weight is 420 g/mol. The van der Waals surface area contributed by atoms with E-state index in [-0.39, 0.29) is 24.4 Å². The summed E-state index contributed by atoms with van der Waals surface area (Å²) in [5, 5.41) is 4.73. The van der Waals surface area contributed by atoms with Crippen molar-refractivity contribution < 1.29 is 4.79 Å². The van der Waals surface area contributed by atoms with Gasteiger partial charge in [0.05, 0.1) is 21.7 Å². The molecule has 146 valence electrons. The summed E-state index contributed by atoms with van der Waals surface area (Å²) in [7, 11) is 4.18. The van der Waals surface area contributed by atoms with Crippen LogP contribution in [0.5, 0.6) is 0 Å². The van der Waals surface area contributed by atoms with Gasteiger partial charge in [0.1, 0.15) is 0 Å². The van der Waals surface area contributed by atoms with Gasteiger partial charge in [0.25, 0.3) is 0 Å². The van der Waals surface area contributed by atoms with Gasteiger partial charge in [-0.3, -0.25) is 15.0 Å². The third-order valence-electron chi connectivity index (χ3n) is 6.19. The molecule has 3 nitrogen and oxygen atoms in total. The van der Waals surface area contributed by atoms with E-state index >= 15 is 0 Å². The fraction of sp³-hybridized carbons (Fsp3) is 0.650. The van der Waals surface area contributed by atoms with Gasteiger partial charge in [-0.05, 0) is 69.8 Å². The van der Waals surface area contributed by atoms with Crippen molar-refractivity contribution in [3.05, 3.63) is 33.8 Å². The van der Waals surface area contributed by atoms with Crippen LogP contribution < -0.4 is 5.32 Å². The van der Waals surface area contributed by atoms with Gasteiger partial charge >= 0.3 is 0 Å². The Balaban J connectivity index is 0.00000243. The second-order valence-corrected chi connectivity index (χ2v) is 8.88. The zero-order chi connectivity index (χ0) is 18.2. The summed E-state index contributed by atoms with van der Waals surface area (Å²) in [4.78, 5) is 15.6. The van der Waals surface area contributed by atoms with Crippen molar-refractivity contribution in [2.75, 3.05) is 14.1 Å². The summed E-state index contributed by atoms with van der Waals surface area (Å²) in [6.07, 6.45) is 6.68. The molecular formula is C20H29Cl3N2O. The van der Waals surface area contributed by atoms with E-state index in [1.54, 1.807) is 6.07 Å². The molecule has 0 amide bonds. The van der Waals surface area contributed by atoms with Gasteiger partial charge in [-0.2, -0.15) is 0 Å². The van der Waals surface area contributed by atoms with Gasteiger partial charge < -0.3 is 0 Å². The van der Waals surface area contributed by atoms with E-state index in [0.29, 0.717) is 28.3 Å². The van der Waals surface area contributed by atoms with Crippen LogP contribution in [-0.4, -0.2) is 36.5 Å². The lowest BCUT2D eigenvalue weighted by Gasteiger charge is -2.52. The number of halogens is 3. The average Bonchev–Trinajstić information content (AvgIpc) is 2.58. The highest BCUT2D eigenvalue weighted by Gasteiger charge is 2.50. The topological polar surface area (TPSA) is 32.3 Å². The number of nitrogens with one attached hydrogen (secondary N) is 1. The lowest BCUT2D eigenvalue weighted by molar-refractivity contribution is -0.132. The normalized spacial score (nSPS) is 31.2. The highest BCUT2D eigenvalue weighted by molar-refractivity contribution is 6.42. The van der Waals surface area contributed by atoms with E-state index in [2.05, 4.69) is 31.2 Å². The second kappa shape index (κ2) is 8.79. The molecule has 2 aliphatic rings. The summed E-state index contributed by atoms with van der Waals surface area (Å²) in [6, 6.07) is 5.49. The Kier molecular flexibility index (Phi) is 7.43. The molecule has 0 spiro atoms. The molecular weight excluding hydrogens is 391 g/mol. The van der Waals surface area contributed by atoms with Gasteiger partial charge in [-0.25, -0.2) is 0 Å². The third-order valence-corrected chi connectivity index (χ3v) is 6.93. The highest BCUT2D eigenvalue weighted by atomic mass is 35.5. The Morgan fingerprint density at radius 2 is 1.92 bits per heavy atom. The number of Topliss-reactive ketones (excluding diaryl/α,β-unsaturated/α-hetero) is 1. The van der Waals surface area contributed by atoms with E-state index in [1.807, 2.05) is 12.1 Å². The summed E-state index contributed by atoms with van der Waals surface area (Å²) in [5.74, 6) is 1.31. The van der Waals surface area contributed by atoms with Crippen LogP contribution in [0.2, 0.25) is 10.0 Å². The number of ketones is 1. The molecule has 4 unspecified atom stereocenters. The predicted octanol–water partition coefficient (Wildman–Crippen LogP) is 4.97. The number of piperidine rings is 1. The molecule has 3 rings (SSSR count). The van der Waals surface area contributed by atoms with Crippen molar-refractivity contribution in [3.8, 4) is 0 Å². The van der Waals surface area contributed by atoms with Gasteiger partial charge in [0.15, 0.2) is 5.78 Å². The maximum absolute atomic E-state index is 13.4. The largest absolute Gasteiger partial charge is 0.297 e. The molecule has 4 atom stereocenters. The number of fused-ring (bicyclic) bond motifs is 1.